The fourth-order valence-corrected chi connectivity index (χ4v) is 4.06. The van der Waals surface area contributed by atoms with E-state index in [0.717, 1.165) is 5.69 Å². The molecular weight excluding hydrogens is 304 g/mol. The van der Waals surface area contributed by atoms with Gasteiger partial charge in [0.15, 0.2) is 5.03 Å². The summed E-state index contributed by atoms with van der Waals surface area (Å²) >= 11 is 0. The monoisotopic (exact) mass is 322 g/mol. The highest BCUT2D eigenvalue weighted by molar-refractivity contribution is 7.89. The number of rotatable bonds is 4. The molecule has 1 aliphatic rings. The molecule has 2 aromatic heterocycles. The van der Waals surface area contributed by atoms with Gasteiger partial charge in [0, 0.05) is 19.3 Å². The summed E-state index contributed by atoms with van der Waals surface area (Å²) in [5.74, 6) is 0.662. The molecule has 0 bridgehead atoms. The van der Waals surface area contributed by atoms with Crippen LogP contribution in [0.3, 0.4) is 0 Å². The maximum atomic E-state index is 12.6. The van der Waals surface area contributed by atoms with Crippen LogP contribution in [0.4, 0.5) is 0 Å². The van der Waals surface area contributed by atoms with Gasteiger partial charge < -0.3 is 4.74 Å². The maximum absolute atomic E-state index is 12.6. The second-order valence-corrected chi connectivity index (χ2v) is 7.20. The van der Waals surface area contributed by atoms with Gasteiger partial charge in [0.25, 0.3) is 10.0 Å². The van der Waals surface area contributed by atoms with Crippen molar-refractivity contribution in [2.75, 3.05) is 13.1 Å². The number of hydrogen-bond acceptors (Lipinski definition) is 5. The molecule has 3 heterocycles. The van der Waals surface area contributed by atoms with E-state index in [1.807, 2.05) is 19.1 Å². The molecule has 1 aliphatic heterocycles. The molecule has 22 heavy (non-hydrogen) atoms. The summed E-state index contributed by atoms with van der Waals surface area (Å²) in [7, 11) is -1.90. The van der Waals surface area contributed by atoms with Gasteiger partial charge in [0.1, 0.15) is 11.9 Å². The molecule has 2 aromatic rings. The molecule has 1 saturated heterocycles. The summed E-state index contributed by atoms with van der Waals surface area (Å²) in [5, 5.41) is 4.12. The summed E-state index contributed by atoms with van der Waals surface area (Å²) in [6.07, 6.45) is 3.64. The van der Waals surface area contributed by atoms with Crippen LogP contribution >= 0.6 is 0 Å². The lowest BCUT2D eigenvalue weighted by Crippen LogP contribution is -2.32. The predicted octanol–water partition coefficient (Wildman–Crippen LogP) is 0.966. The van der Waals surface area contributed by atoms with Gasteiger partial charge in [0.2, 0.25) is 0 Å². The molecule has 7 nitrogen and oxygen atoms in total. The Morgan fingerprint density at radius 3 is 2.77 bits per heavy atom. The Balaban J connectivity index is 1.70. The first-order chi connectivity index (χ1) is 10.5. The zero-order valence-electron chi connectivity index (χ0n) is 12.5. The van der Waals surface area contributed by atoms with Gasteiger partial charge in [-0.25, -0.2) is 8.42 Å². The molecule has 0 aliphatic carbocycles. The van der Waals surface area contributed by atoms with Crippen LogP contribution in [0.25, 0.3) is 0 Å². The van der Waals surface area contributed by atoms with Gasteiger partial charge in [0.05, 0.1) is 18.9 Å². The van der Waals surface area contributed by atoms with E-state index < -0.39 is 10.0 Å². The van der Waals surface area contributed by atoms with E-state index in [0.29, 0.717) is 25.3 Å². The third-order valence-corrected chi connectivity index (χ3v) is 5.62. The largest absolute Gasteiger partial charge is 0.487 e. The normalized spacial score (nSPS) is 19.5. The predicted molar refractivity (Wildman–Crippen MR) is 80.0 cm³/mol. The van der Waals surface area contributed by atoms with Gasteiger partial charge >= 0.3 is 0 Å². The fraction of sp³-hybridized carbons (Fsp3) is 0.429. The minimum Gasteiger partial charge on any atom is -0.487 e. The first-order valence-electron chi connectivity index (χ1n) is 7.04. The van der Waals surface area contributed by atoms with E-state index in [1.165, 1.54) is 21.3 Å². The Bertz CT molecular complexity index is 755. The maximum Gasteiger partial charge on any atom is 0.260 e. The highest BCUT2D eigenvalue weighted by atomic mass is 32.2. The van der Waals surface area contributed by atoms with Crippen molar-refractivity contribution < 1.29 is 13.2 Å². The average Bonchev–Trinajstić information content (AvgIpc) is 3.11. The Kier molecular flexibility index (Phi) is 3.88. The summed E-state index contributed by atoms with van der Waals surface area (Å²) in [6, 6.07) is 5.22. The van der Waals surface area contributed by atoms with E-state index in [9.17, 15) is 8.42 Å². The molecular formula is C14H18N4O3S. The molecule has 0 radical (unpaired) electrons. The van der Waals surface area contributed by atoms with Crippen molar-refractivity contribution in [2.45, 2.75) is 24.5 Å². The Hall–Kier alpha value is -1.93. The number of nitrogens with zero attached hydrogens (tertiary/aromatic N) is 4. The molecule has 0 unspecified atom stereocenters. The summed E-state index contributed by atoms with van der Waals surface area (Å²) in [6.45, 7) is 2.68. The zero-order valence-corrected chi connectivity index (χ0v) is 13.3. The first-order valence-corrected chi connectivity index (χ1v) is 8.48. The Labute approximate surface area is 129 Å². The van der Waals surface area contributed by atoms with Crippen molar-refractivity contribution in [3.05, 3.63) is 36.3 Å². The Morgan fingerprint density at radius 2 is 2.14 bits per heavy atom. The third kappa shape index (κ3) is 2.84. The molecule has 118 valence electrons. The highest BCUT2D eigenvalue weighted by Gasteiger charge is 2.35. The van der Waals surface area contributed by atoms with Crippen molar-refractivity contribution >= 4 is 10.0 Å². The molecule has 8 heteroatoms. The molecule has 0 aromatic carbocycles. The van der Waals surface area contributed by atoms with Crippen LogP contribution in [-0.2, 0) is 17.1 Å². The van der Waals surface area contributed by atoms with Crippen LogP contribution in [0.2, 0.25) is 0 Å². The van der Waals surface area contributed by atoms with E-state index in [4.69, 9.17) is 4.74 Å². The fourth-order valence-electron chi connectivity index (χ4n) is 2.48. The van der Waals surface area contributed by atoms with Crippen molar-refractivity contribution in [1.29, 1.82) is 0 Å². The quantitative estimate of drug-likeness (QED) is 0.838. The van der Waals surface area contributed by atoms with Crippen molar-refractivity contribution in [2.24, 2.45) is 7.05 Å². The minimum atomic E-state index is -3.52. The highest BCUT2D eigenvalue weighted by Crippen LogP contribution is 2.23. The third-order valence-electron chi connectivity index (χ3n) is 3.67. The molecule has 0 spiro atoms. The molecule has 0 saturated carbocycles. The average molecular weight is 322 g/mol. The topological polar surface area (TPSA) is 77.3 Å². The van der Waals surface area contributed by atoms with Gasteiger partial charge in [-0.2, -0.15) is 9.40 Å². The van der Waals surface area contributed by atoms with Crippen molar-refractivity contribution in [3.63, 3.8) is 0 Å². The lowest BCUT2D eigenvalue weighted by molar-refractivity contribution is 0.214. The lowest BCUT2D eigenvalue weighted by atomic mass is 10.3. The van der Waals surface area contributed by atoms with Crippen LogP contribution in [0.5, 0.6) is 5.75 Å². The van der Waals surface area contributed by atoms with Crippen molar-refractivity contribution in [3.8, 4) is 5.75 Å². The van der Waals surface area contributed by atoms with Gasteiger partial charge in [-0.3, -0.25) is 9.67 Å². The smallest absolute Gasteiger partial charge is 0.260 e. The lowest BCUT2D eigenvalue weighted by Gasteiger charge is -2.17. The van der Waals surface area contributed by atoms with E-state index in [2.05, 4.69) is 10.1 Å². The van der Waals surface area contributed by atoms with Crippen LogP contribution in [-0.4, -0.2) is 46.7 Å². The van der Waals surface area contributed by atoms with E-state index >= 15 is 0 Å². The van der Waals surface area contributed by atoms with Crippen LogP contribution in [0.15, 0.2) is 35.6 Å². The number of pyridine rings is 1. The number of aromatic nitrogens is 3. The van der Waals surface area contributed by atoms with E-state index in [1.54, 1.807) is 13.2 Å². The van der Waals surface area contributed by atoms with Gasteiger partial charge in [-0.05, 0) is 31.5 Å². The zero-order chi connectivity index (χ0) is 15.7. The summed E-state index contributed by atoms with van der Waals surface area (Å²) < 4.78 is 33.7. The van der Waals surface area contributed by atoms with E-state index in [-0.39, 0.29) is 11.1 Å². The number of ether oxygens (including phenoxy) is 1. The SMILES string of the molecule is Cc1ccc(O[C@@H]2CCN(S(=O)(=O)c3ccnn3C)C2)cn1. The second kappa shape index (κ2) is 5.69. The van der Waals surface area contributed by atoms with Gasteiger partial charge in [-0.1, -0.05) is 0 Å². The minimum absolute atomic E-state index is 0.160. The van der Waals surface area contributed by atoms with Gasteiger partial charge in [-0.15, -0.1) is 0 Å². The van der Waals surface area contributed by atoms with Crippen LogP contribution < -0.4 is 4.74 Å². The molecule has 0 N–H and O–H groups in total. The number of aryl methyl sites for hydroxylation is 2. The molecule has 1 fully saturated rings. The van der Waals surface area contributed by atoms with Crippen molar-refractivity contribution in [1.82, 2.24) is 19.1 Å². The number of hydrogen-bond donors (Lipinski definition) is 0. The second-order valence-electron chi connectivity index (χ2n) is 5.32. The molecule has 0 amide bonds. The Morgan fingerprint density at radius 1 is 1.32 bits per heavy atom. The van der Waals surface area contributed by atoms with Crippen LogP contribution in [0, 0.1) is 6.92 Å². The number of sulfonamides is 1. The standard InChI is InChI=1S/C14H18N4O3S/c1-11-3-4-12(9-15-11)21-13-6-8-18(10-13)22(19,20)14-5-7-16-17(14)2/h3-5,7,9,13H,6,8,10H2,1-2H3/t13-/m1/s1. The summed E-state index contributed by atoms with van der Waals surface area (Å²) in [4.78, 5) is 4.17. The summed E-state index contributed by atoms with van der Waals surface area (Å²) in [5.41, 5.74) is 0.916. The van der Waals surface area contributed by atoms with Crippen LogP contribution in [0.1, 0.15) is 12.1 Å². The molecule has 3 rings (SSSR count). The first kappa shape index (κ1) is 15.0. The molecule has 1 atom stereocenters.